The summed E-state index contributed by atoms with van der Waals surface area (Å²) in [5.41, 5.74) is -0.948. The van der Waals surface area contributed by atoms with Gasteiger partial charge in [-0.15, -0.1) is 0 Å². The minimum Gasteiger partial charge on any atom is -0.481 e. The molecule has 0 aromatic rings. The van der Waals surface area contributed by atoms with Gasteiger partial charge in [0.05, 0.1) is 31.3 Å². The van der Waals surface area contributed by atoms with Crippen molar-refractivity contribution in [2.24, 2.45) is 5.41 Å². The van der Waals surface area contributed by atoms with Crippen LogP contribution >= 0.6 is 0 Å². The lowest BCUT2D eigenvalue weighted by atomic mass is 9.80. The fourth-order valence-electron chi connectivity index (χ4n) is 2.60. The highest BCUT2D eigenvalue weighted by atomic mass is 16.5. The highest BCUT2D eigenvalue weighted by molar-refractivity contribution is 5.78. The van der Waals surface area contributed by atoms with Gasteiger partial charge in [-0.2, -0.15) is 0 Å². The average Bonchev–Trinajstić information content (AvgIpc) is 2.53. The molecule has 0 bridgehead atoms. The fourth-order valence-corrected chi connectivity index (χ4v) is 2.60. The predicted octanol–water partition coefficient (Wildman–Crippen LogP) is -0.729. The number of rotatable bonds is 4. The van der Waals surface area contributed by atoms with Crippen molar-refractivity contribution in [1.82, 2.24) is 10.2 Å². The fraction of sp³-hybridized carbons (Fsp3) is 0.846. The smallest absolute Gasteiger partial charge is 0.317 e. The van der Waals surface area contributed by atoms with E-state index in [1.54, 1.807) is 4.90 Å². The molecule has 2 aliphatic rings. The number of carbonyl (C=O) groups excluding carboxylic acids is 1. The summed E-state index contributed by atoms with van der Waals surface area (Å²) in [5, 5.41) is 21.2. The molecule has 8 heteroatoms. The molecule has 0 aromatic heterocycles. The Labute approximate surface area is 123 Å². The maximum Gasteiger partial charge on any atom is 0.317 e. The van der Waals surface area contributed by atoms with Crippen molar-refractivity contribution in [3.8, 4) is 0 Å². The van der Waals surface area contributed by atoms with E-state index in [1.165, 1.54) is 0 Å². The van der Waals surface area contributed by atoms with E-state index >= 15 is 0 Å². The molecular formula is C13H22N2O6. The second-order valence-corrected chi connectivity index (χ2v) is 5.48. The van der Waals surface area contributed by atoms with Crippen LogP contribution in [-0.4, -0.2) is 79.3 Å². The van der Waals surface area contributed by atoms with Crippen molar-refractivity contribution in [2.75, 3.05) is 46.1 Å². The molecule has 1 unspecified atom stereocenters. The number of amides is 2. The Bertz CT molecular complexity index is 383. The number of nitrogens with zero attached hydrogens (tertiary/aromatic N) is 1. The molecule has 1 atom stereocenters. The molecule has 2 amide bonds. The first-order valence-corrected chi connectivity index (χ1v) is 7.14. The van der Waals surface area contributed by atoms with Gasteiger partial charge < -0.3 is 29.9 Å². The number of aliphatic hydroxyl groups excluding tert-OH is 1. The number of hydrogen-bond acceptors (Lipinski definition) is 5. The number of carbonyl (C=O) groups is 2. The van der Waals surface area contributed by atoms with Crippen LogP contribution in [0, 0.1) is 5.41 Å². The van der Waals surface area contributed by atoms with Crippen molar-refractivity contribution in [1.29, 1.82) is 0 Å². The van der Waals surface area contributed by atoms with Crippen molar-refractivity contribution >= 4 is 12.0 Å². The maximum absolute atomic E-state index is 12.1. The average molecular weight is 302 g/mol. The zero-order valence-electron chi connectivity index (χ0n) is 11.9. The molecule has 2 fully saturated rings. The first kappa shape index (κ1) is 16.0. The second kappa shape index (κ2) is 7.06. The third-order valence-electron chi connectivity index (χ3n) is 4.11. The molecule has 0 radical (unpaired) electrons. The molecule has 3 N–H and O–H groups in total. The Kier molecular flexibility index (Phi) is 5.38. The summed E-state index contributed by atoms with van der Waals surface area (Å²) < 4.78 is 10.5. The lowest BCUT2D eigenvalue weighted by Crippen LogP contribution is -2.54. The van der Waals surface area contributed by atoms with Gasteiger partial charge in [0.2, 0.25) is 0 Å². The van der Waals surface area contributed by atoms with Crippen molar-refractivity contribution < 1.29 is 29.3 Å². The van der Waals surface area contributed by atoms with Crippen LogP contribution in [0.2, 0.25) is 0 Å². The van der Waals surface area contributed by atoms with Gasteiger partial charge in [0, 0.05) is 26.3 Å². The lowest BCUT2D eigenvalue weighted by Gasteiger charge is -2.35. The number of carboxylic acid groups (broad SMARTS) is 1. The molecule has 0 aliphatic carbocycles. The summed E-state index contributed by atoms with van der Waals surface area (Å²) in [4.78, 5) is 25.2. The SMILES string of the molecule is O=C(NCC1(C(=O)O)CCOCC1)N1CCOC(CO)C1. The summed E-state index contributed by atoms with van der Waals surface area (Å²) in [6.45, 7) is 1.86. The van der Waals surface area contributed by atoms with E-state index in [9.17, 15) is 14.7 Å². The Morgan fingerprint density at radius 1 is 1.29 bits per heavy atom. The van der Waals surface area contributed by atoms with Crippen LogP contribution in [0.3, 0.4) is 0 Å². The van der Waals surface area contributed by atoms with Gasteiger partial charge in [0.25, 0.3) is 0 Å². The van der Waals surface area contributed by atoms with Crippen LogP contribution < -0.4 is 5.32 Å². The highest BCUT2D eigenvalue weighted by Gasteiger charge is 2.40. The van der Waals surface area contributed by atoms with Gasteiger partial charge >= 0.3 is 12.0 Å². The number of aliphatic carboxylic acids is 1. The van der Waals surface area contributed by atoms with E-state index in [0.29, 0.717) is 45.8 Å². The highest BCUT2D eigenvalue weighted by Crippen LogP contribution is 2.30. The summed E-state index contributed by atoms with van der Waals surface area (Å²) >= 11 is 0. The Balaban J connectivity index is 1.88. The van der Waals surface area contributed by atoms with Crippen molar-refractivity contribution in [3.63, 3.8) is 0 Å². The monoisotopic (exact) mass is 302 g/mol. The van der Waals surface area contributed by atoms with Crippen LogP contribution in [0.1, 0.15) is 12.8 Å². The predicted molar refractivity (Wildman–Crippen MR) is 71.9 cm³/mol. The first-order chi connectivity index (χ1) is 10.1. The minimum absolute atomic E-state index is 0.0890. The Hall–Kier alpha value is -1.38. The largest absolute Gasteiger partial charge is 0.481 e. The number of hydrogen-bond donors (Lipinski definition) is 3. The Morgan fingerprint density at radius 2 is 2.00 bits per heavy atom. The molecule has 0 spiro atoms. The molecule has 21 heavy (non-hydrogen) atoms. The van der Waals surface area contributed by atoms with Gasteiger partial charge in [-0.05, 0) is 12.8 Å². The standard InChI is InChI=1S/C13H22N2O6/c16-8-10-7-15(3-6-21-10)12(19)14-9-13(11(17)18)1-4-20-5-2-13/h10,16H,1-9H2,(H,14,19)(H,17,18). The van der Waals surface area contributed by atoms with E-state index in [-0.39, 0.29) is 25.3 Å². The van der Waals surface area contributed by atoms with Gasteiger partial charge in [-0.3, -0.25) is 4.79 Å². The van der Waals surface area contributed by atoms with Crippen LogP contribution in [0.15, 0.2) is 0 Å². The van der Waals surface area contributed by atoms with E-state index in [0.717, 1.165) is 0 Å². The summed E-state index contributed by atoms with van der Waals surface area (Å²) in [6.07, 6.45) is 0.414. The molecule has 0 saturated carbocycles. The third kappa shape index (κ3) is 3.84. The maximum atomic E-state index is 12.1. The molecular weight excluding hydrogens is 280 g/mol. The van der Waals surface area contributed by atoms with Gasteiger partial charge in [0.15, 0.2) is 0 Å². The number of ether oxygens (including phenoxy) is 2. The van der Waals surface area contributed by atoms with E-state index in [4.69, 9.17) is 14.6 Å². The second-order valence-electron chi connectivity index (χ2n) is 5.48. The van der Waals surface area contributed by atoms with Crippen LogP contribution in [0.25, 0.3) is 0 Å². The molecule has 120 valence electrons. The van der Waals surface area contributed by atoms with Crippen molar-refractivity contribution in [2.45, 2.75) is 18.9 Å². The summed E-state index contributed by atoms with van der Waals surface area (Å²) in [5.74, 6) is -0.902. The topological polar surface area (TPSA) is 108 Å². The summed E-state index contributed by atoms with van der Waals surface area (Å²) in [6, 6.07) is -0.316. The number of nitrogens with one attached hydrogen (secondary N) is 1. The van der Waals surface area contributed by atoms with Gasteiger partial charge in [0.1, 0.15) is 0 Å². The molecule has 8 nitrogen and oxygen atoms in total. The summed E-state index contributed by atoms with van der Waals surface area (Å²) in [7, 11) is 0. The van der Waals surface area contributed by atoms with Crippen molar-refractivity contribution in [3.05, 3.63) is 0 Å². The normalized spacial score (nSPS) is 25.4. The number of carboxylic acids is 1. The van der Waals surface area contributed by atoms with Crippen LogP contribution in [0.5, 0.6) is 0 Å². The molecule has 2 saturated heterocycles. The third-order valence-corrected chi connectivity index (χ3v) is 4.11. The van der Waals surface area contributed by atoms with Crippen LogP contribution in [0.4, 0.5) is 4.79 Å². The van der Waals surface area contributed by atoms with Gasteiger partial charge in [-0.1, -0.05) is 0 Å². The quantitative estimate of drug-likeness (QED) is 0.632. The molecule has 2 heterocycles. The first-order valence-electron chi connectivity index (χ1n) is 7.14. The number of aliphatic hydroxyl groups is 1. The zero-order valence-corrected chi connectivity index (χ0v) is 11.9. The van der Waals surface area contributed by atoms with Crippen LogP contribution in [-0.2, 0) is 14.3 Å². The van der Waals surface area contributed by atoms with E-state index in [2.05, 4.69) is 5.32 Å². The van der Waals surface area contributed by atoms with E-state index < -0.39 is 11.4 Å². The van der Waals surface area contributed by atoms with Gasteiger partial charge in [-0.25, -0.2) is 4.79 Å². The molecule has 2 aliphatic heterocycles. The number of urea groups is 1. The van der Waals surface area contributed by atoms with E-state index in [1.807, 2.05) is 0 Å². The molecule has 0 aromatic carbocycles. The minimum atomic E-state index is -0.948. The Morgan fingerprint density at radius 3 is 2.62 bits per heavy atom. The zero-order chi connectivity index (χ0) is 15.3. The molecule has 2 rings (SSSR count). The number of morpholine rings is 1. The lowest BCUT2D eigenvalue weighted by molar-refractivity contribution is -0.154.